The maximum atomic E-state index is 9.93. The maximum absolute atomic E-state index is 9.93. The van der Waals surface area contributed by atoms with Gasteiger partial charge in [0.1, 0.15) is 6.29 Å². The van der Waals surface area contributed by atoms with Gasteiger partial charge in [0.15, 0.2) is 0 Å². The van der Waals surface area contributed by atoms with Crippen LogP contribution in [0.4, 0.5) is 0 Å². The summed E-state index contributed by atoms with van der Waals surface area (Å²) in [5, 5.41) is 0. The van der Waals surface area contributed by atoms with Gasteiger partial charge in [-0.2, -0.15) is 0 Å². The van der Waals surface area contributed by atoms with Crippen molar-refractivity contribution in [2.24, 2.45) is 0 Å². The lowest BCUT2D eigenvalue weighted by molar-refractivity contribution is -0.104. The second-order valence-corrected chi connectivity index (χ2v) is 3.54. The number of carbonyl (C=O) groups is 1. The minimum atomic E-state index is 0.780. The fourth-order valence-electron chi connectivity index (χ4n) is 1.28. The van der Waals surface area contributed by atoms with Crippen LogP contribution in [0.25, 0.3) is 0 Å². The van der Waals surface area contributed by atoms with E-state index in [1.54, 1.807) is 6.08 Å². The first-order valence-corrected chi connectivity index (χ1v) is 5.85. The molecule has 0 aliphatic rings. The monoisotopic (exact) mass is 206 g/mol. The Bertz CT molecular complexity index is 211. The van der Waals surface area contributed by atoms with Crippen LogP contribution in [0.15, 0.2) is 36.5 Å². The van der Waals surface area contributed by atoms with Gasteiger partial charge in [-0.05, 0) is 18.9 Å². The van der Waals surface area contributed by atoms with Crippen LogP contribution in [-0.2, 0) is 4.79 Å². The molecule has 0 saturated heterocycles. The third kappa shape index (κ3) is 12.9. The second-order valence-electron chi connectivity index (χ2n) is 3.54. The van der Waals surface area contributed by atoms with Crippen molar-refractivity contribution in [1.82, 2.24) is 0 Å². The maximum Gasteiger partial charge on any atom is 0.142 e. The number of rotatable bonds is 9. The SMILES string of the molecule is CCCCCCC/C=C/C=C/C=C/C=O. The van der Waals surface area contributed by atoms with Crippen molar-refractivity contribution in [3.8, 4) is 0 Å². The van der Waals surface area contributed by atoms with E-state index in [2.05, 4.69) is 13.0 Å². The summed E-state index contributed by atoms with van der Waals surface area (Å²) in [6.45, 7) is 2.23. The molecule has 0 aromatic heterocycles. The van der Waals surface area contributed by atoms with E-state index < -0.39 is 0 Å². The lowest BCUT2D eigenvalue weighted by atomic mass is 10.1. The summed E-state index contributed by atoms with van der Waals surface area (Å²) in [5.74, 6) is 0. The van der Waals surface area contributed by atoms with Crippen molar-refractivity contribution in [2.75, 3.05) is 0 Å². The number of hydrogen-bond donors (Lipinski definition) is 0. The predicted molar refractivity (Wildman–Crippen MR) is 66.9 cm³/mol. The molecule has 0 N–H and O–H groups in total. The standard InChI is InChI=1S/C14H22O/c1-2-3-4-5-6-7-8-9-10-11-12-13-14-15/h8-14H,2-7H2,1H3/b9-8+,11-10+,13-12+. The lowest BCUT2D eigenvalue weighted by Gasteiger charge is -1.95. The zero-order valence-electron chi connectivity index (χ0n) is 9.69. The zero-order valence-corrected chi connectivity index (χ0v) is 9.69. The van der Waals surface area contributed by atoms with E-state index in [4.69, 9.17) is 0 Å². The summed E-state index contributed by atoms with van der Waals surface area (Å²) in [4.78, 5) is 9.93. The number of aldehydes is 1. The van der Waals surface area contributed by atoms with Crippen molar-refractivity contribution in [2.45, 2.75) is 45.4 Å². The molecule has 0 heterocycles. The van der Waals surface area contributed by atoms with Gasteiger partial charge in [0.05, 0.1) is 0 Å². The Balaban J connectivity index is 3.27. The van der Waals surface area contributed by atoms with Crippen LogP contribution in [0, 0.1) is 0 Å². The molecule has 0 rings (SSSR count). The fraction of sp³-hybridized carbons (Fsp3) is 0.500. The van der Waals surface area contributed by atoms with E-state index in [0.717, 1.165) is 12.7 Å². The third-order valence-corrected chi connectivity index (χ3v) is 2.13. The lowest BCUT2D eigenvalue weighted by Crippen LogP contribution is -1.75. The first-order valence-electron chi connectivity index (χ1n) is 5.85. The fourth-order valence-corrected chi connectivity index (χ4v) is 1.28. The van der Waals surface area contributed by atoms with Gasteiger partial charge >= 0.3 is 0 Å². The van der Waals surface area contributed by atoms with Gasteiger partial charge in [0.2, 0.25) is 0 Å². The smallest absolute Gasteiger partial charge is 0.142 e. The van der Waals surface area contributed by atoms with E-state index in [0.29, 0.717) is 0 Å². The van der Waals surface area contributed by atoms with Crippen LogP contribution in [-0.4, -0.2) is 6.29 Å². The quantitative estimate of drug-likeness (QED) is 0.239. The van der Waals surface area contributed by atoms with Gasteiger partial charge in [0.25, 0.3) is 0 Å². The number of allylic oxidation sites excluding steroid dienone is 6. The molecule has 0 atom stereocenters. The molecular weight excluding hydrogens is 184 g/mol. The highest BCUT2D eigenvalue weighted by Gasteiger charge is 1.85. The van der Waals surface area contributed by atoms with Crippen LogP contribution >= 0.6 is 0 Å². The van der Waals surface area contributed by atoms with Gasteiger partial charge in [0, 0.05) is 0 Å². The molecule has 0 unspecified atom stereocenters. The molecule has 15 heavy (non-hydrogen) atoms. The molecule has 1 nitrogen and oxygen atoms in total. The third-order valence-electron chi connectivity index (χ3n) is 2.13. The van der Waals surface area contributed by atoms with Crippen LogP contribution in [0.1, 0.15) is 45.4 Å². The number of carbonyl (C=O) groups excluding carboxylic acids is 1. The van der Waals surface area contributed by atoms with Crippen LogP contribution in [0.2, 0.25) is 0 Å². The van der Waals surface area contributed by atoms with Crippen molar-refractivity contribution in [1.29, 1.82) is 0 Å². The zero-order chi connectivity index (χ0) is 11.2. The van der Waals surface area contributed by atoms with E-state index in [9.17, 15) is 4.79 Å². The highest BCUT2D eigenvalue weighted by atomic mass is 16.1. The van der Waals surface area contributed by atoms with Gasteiger partial charge in [-0.3, -0.25) is 4.79 Å². The van der Waals surface area contributed by atoms with E-state index in [1.165, 1.54) is 38.2 Å². The molecule has 0 radical (unpaired) electrons. The van der Waals surface area contributed by atoms with Crippen LogP contribution in [0.3, 0.4) is 0 Å². The summed E-state index contributed by atoms with van der Waals surface area (Å²) < 4.78 is 0. The number of unbranched alkanes of at least 4 members (excludes halogenated alkanes) is 5. The van der Waals surface area contributed by atoms with Crippen molar-refractivity contribution < 1.29 is 4.79 Å². The summed E-state index contributed by atoms with van der Waals surface area (Å²) in [6.07, 6.45) is 19.8. The molecule has 1 heteroatoms. The topological polar surface area (TPSA) is 17.1 Å². The van der Waals surface area contributed by atoms with Gasteiger partial charge in [-0.25, -0.2) is 0 Å². The average Bonchev–Trinajstić information content (AvgIpc) is 2.26. The Morgan fingerprint density at radius 1 is 0.800 bits per heavy atom. The van der Waals surface area contributed by atoms with Crippen molar-refractivity contribution in [3.05, 3.63) is 36.5 Å². The molecule has 0 spiro atoms. The average molecular weight is 206 g/mol. The van der Waals surface area contributed by atoms with E-state index in [1.807, 2.05) is 18.2 Å². The Morgan fingerprint density at radius 3 is 2.20 bits per heavy atom. The summed E-state index contributed by atoms with van der Waals surface area (Å²) in [6, 6.07) is 0. The Kier molecular flexibility index (Phi) is 11.9. The molecule has 0 fully saturated rings. The Morgan fingerprint density at radius 2 is 1.47 bits per heavy atom. The second kappa shape index (κ2) is 12.9. The minimum absolute atomic E-state index is 0.780. The molecule has 0 aliphatic carbocycles. The first kappa shape index (κ1) is 13.9. The molecule has 0 saturated carbocycles. The Labute approximate surface area is 93.6 Å². The summed E-state index contributed by atoms with van der Waals surface area (Å²) >= 11 is 0. The molecule has 0 aliphatic heterocycles. The largest absolute Gasteiger partial charge is 0.299 e. The number of hydrogen-bond acceptors (Lipinski definition) is 1. The summed E-state index contributed by atoms with van der Waals surface area (Å²) in [5.41, 5.74) is 0. The molecule has 0 bridgehead atoms. The van der Waals surface area contributed by atoms with Crippen molar-refractivity contribution in [3.63, 3.8) is 0 Å². The molecule has 0 aromatic rings. The predicted octanol–water partition coefficient (Wildman–Crippen LogP) is 4.21. The van der Waals surface area contributed by atoms with E-state index in [-0.39, 0.29) is 0 Å². The molecule has 0 amide bonds. The highest BCUT2D eigenvalue weighted by Crippen LogP contribution is 2.05. The van der Waals surface area contributed by atoms with Gasteiger partial charge in [-0.15, -0.1) is 0 Å². The highest BCUT2D eigenvalue weighted by molar-refractivity contribution is 5.65. The van der Waals surface area contributed by atoms with Crippen LogP contribution < -0.4 is 0 Å². The Hall–Kier alpha value is -1.11. The summed E-state index contributed by atoms with van der Waals surface area (Å²) in [7, 11) is 0. The van der Waals surface area contributed by atoms with E-state index >= 15 is 0 Å². The van der Waals surface area contributed by atoms with Gasteiger partial charge in [-0.1, -0.05) is 63.0 Å². The molecule has 84 valence electrons. The van der Waals surface area contributed by atoms with Crippen molar-refractivity contribution >= 4 is 6.29 Å². The minimum Gasteiger partial charge on any atom is -0.299 e. The van der Waals surface area contributed by atoms with Gasteiger partial charge < -0.3 is 0 Å². The first-order chi connectivity index (χ1) is 7.41. The molecular formula is C14H22O. The normalized spacial score (nSPS) is 12.1. The molecule has 0 aromatic carbocycles. The van der Waals surface area contributed by atoms with Crippen LogP contribution in [0.5, 0.6) is 0 Å².